The lowest BCUT2D eigenvalue weighted by atomic mass is 9.70. The van der Waals surface area contributed by atoms with Crippen molar-refractivity contribution >= 4 is 16.6 Å². The fraction of sp³-hybridized carbons (Fsp3) is 0.150. The highest BCUT2D eigenvalue weighted by atomic mass is 16.5. The molecule has 1 aliphatic heterocycles. The van der Waals surface area contributed by atoms with Crippen molar-refractivity contribution in [1.29, 1.82) is 0 Å². The molecular formula is C20H14O5. The fourth-order valence-corrected chi connectivity index (χ4v) is 4.12. The average Bonchev–Trinajstić information content (AvgIpc) is 2.59. The minimum atomic E-state index is -1.67. The van der Waals surface area contributed by atoms with Gasteiger partial charge in [-0.25, -0.2) is 0 Å². The SMILES string of the molecule is O=C1CC2Oc3cccc4c(O)ccc(c34)C2(O)c2c(O)cccc21. The molecule has 2 atom stereocenters. The van der Waals surface area contributed by atoms with Gasteiger partial charge >= 0.3 is 0 Å². The van der Waals surface area contributed by atoms with E-state index in [-0.39, 0.29) is 29.3 Å². The average molecular weight is 334 g/mol. The first-order valence-electron chi connectivity index (χ1n) is 8.01. The van der Waals surface area contributed by atoms with Crippen molar-refractivity contribution in [3.8, 4) is 17.2 Å². The van der Waals surface area contributed by atoms with Crippen LogP contribution in [0.2, 0.25) is 0 Å². The number of ketones is 1. The van der Waals surface area contributed by atoms with E-state index in [9.17, 15) is 20.1 Å². The maximum Gasteiger partial charge on any atom is 0.167 e. The van der Waals surface area contributed by atoms with Gasteiger partial charge in [-0.05, 0) is 18.2 Å². The number of hydrogen-bond donors (Lipinski definition) is 3. The Kier molecular flexibility index (Phi) is 2.59. The number of phenols is 2. The smallest absolute Gasteiger partial charge is 0.167 e. The molecule has 0 radical (unpaired) electrons. The molecule has 2 unspecified atom stereocenters. The molecule has 1 aliphatic carbocycles. The topological polar surface area (TPSA) is 87.0 Å². The van der Waals surface area contributed by atoms with Gasteiger partial charge in [0.05, 0.1) is 6.42 Å². The number of ether oxygens (including phenoxy) is 1. The van der Waals surface area contributed by atoms with E-state index in [1.54, 1.807) is 36.4 Å². The van der Waals surface area contributed by atoms with E-state index in [1.807, 2.05) is 0 Å². The van der Waals surface area contributed by atoms with Crippen LogP contribution in [0.1, 0.15) is 27.9 Å². The van der Waals surface area contributed by atoms with Crippen LogP contribution in [-0.4, -0.2) is 27.2 Å². The summed E-state index contributed by atoms with van der Waals surface area (Å²) in [6.07, 6.45) is -0.840. The zero-order chi connectivity index (χ0) is 17.3. The molecule has 0 spiro atoms. The maximum atomic E-state index is 12.5. The first-order valence-corrected chi connectivity index (χ1v) is 8.01. The summed E-state index contributed by atoms with van der Waals surface area (Å²) in [5, 5.41) is 33.4. The largest absolute Gasteiger partial charge is 0.508 e. The van der Waals surface area contributed by atoms with Crippen LogP contribution in [0.4, 0.5) is 0 Å². The van der Waals surface area contributed by atoms with E-state index < -0.39 is 11.7 Å². The summed E-state index contributed by atoms with van der Waals surface area (Å²) in [5.74, 6) is 0.248. The summed E-state index contributed by atoms with van der Waals surface area (Å²) < 4.78 is 5.96. The summed E-state index contributed by atoms with van der Waals surface area (Å²) in [4.78, 5) is 12.5. The van der Waals surface area contributed by atoms with Gasteiger partial charge in [-0.15, -0.1) is 0 Å². The number of benzene rings is 3. The third-order valence-electron chi connectivity index (χ3n) is 5.22. The second kappa shape index (κ2) is 4.52. The Bertz CT molecular complexity index is 1070. The first-order chi connectivity index (χ1) is 12.0. The Morgan fingerprint density at radius 2 is 1.80 bits per heavy atom. The van der Waals surface area contributed by atoms with E-state index in [0.717, 1.165) is 0 Å². The summed E-state index contributed by atoms with van der Waals surface area (Å²) in [7, 11) is 0. The Morgan fingerprint density at radius 1 is 1.00 bits per heavy atom. The molecule has 124 valence electrons. The lowest BCUT2D eigenvalue weighted by Gasteiger charge is -2.44. The van der Waals surface area contributed by atoms with E-state index >= 15 is 0 Å². The first kappa shape index (κ1) is 14.3. The molecule has 1 heterocycles. The molecule has 3 aromatic rings. The van der Waals surface area contributed by atoms with Gasteiger partial charge in [0.25, 0.3) is 0 Å². The molecule has 3 aromatic carbocycles. The Labute approximate surface area is 142 Å². The monoisotopic (exact) mass is 334 g/mol. The molecule has 25 heavy (non-hydrogen) atoms. The quantitative estimate of drug-likeness (QED) is 0.588. The Balaban J connectivity index is 1.94. The van der Waals surface area contributed by atoms with Gasteiger partial charge in [0, 0.05) is 27.5 Å². The predicted molar refractivity (Wildman–Crippen MR) is 90.1 cm³/mol. The number of fused-ring (bicyclic) bond motifs is 4. The number of phenolic OH excluding ortho intramolecular Hbond substituents is 2. The number of Topliss-reactive ketones (excluding diaryl/α,β-unsaturated/α-hetero) is 1. The van der Waals surface area contributed by atoms with Crippen molar-refractivity contribution in [1.82, 2.24) is 0 Å². The van der Waals surface area contributed by atoms with Crippen LogP contribution in [0.5, 0.6) is 17.2 Å². The third kappa shape index (κ3) is 1.63. The molecule has 0 saturated carbocycles. The highest BCUT2D eigenvalue weighted by molar-refractivity contribution is 6.03. The second-order valence-corrected chi connectivity index (χ2v) is 6.51. The van der Waals surface area contributed by atoms with E-state index in [1.165, 1.54) is 12.1 Å². The van der Waals surface area contributed by atoms with Crippen molar-refractivity contribution in [2.45, 2.75) is 18.1 Å². The van der Waals surface area contributed by atoms with Crippen molar-refractivity contribution in [3.05, 3.63) is 65.2 Å². The van der Waals surface area contributed by atoms with Crippen molar-refractivity contribution in [2.24, 2.45) is 0 Å². The van der Waals surface area contributed by atoms with Crippen molar-refractivity contribution in [3.63, 3.8) is 0 Å². The standard InChI is InChI=1S/C20H14O5/c21-13-8-7-12-18-10(13)3-2-6-16(18)25-17-9-15(23)11-4-1-5-14(22)19(11)20(12,17)24/h1-8,17,21-22,24H,9H2. The predicted octanol–water partition coefficient (Wildman–Crippen LogP) is 2.83. The van der Waals surface area contributed by atoms with Gasteiger partial charge in [-0.3, -0.25) is 4.79 Å². The third-order valence-corrected chi connectivity index (χ3v) is 5.22. The van der Waals surface area contributed by atoms with Gasteiger partial charge < -0.3 is 20.1 Å². The molecule has 5 heteroatoms. The van der Waals surface area contributed by atoms with Gasteiger partial charge in [-0.1, -0.05) is 30.3 Å². The lowest BCUT2D eigenvalue weighted by molar-refractivity contribution is -0.0461. The molecule has 0 aromatic heterocycles. The van der Waals surface area contributed by atoms with Crippen LogP contribution in [0.3, 0.4) is 0 Å². The van der Waals surface area contributed by atoms with E-state index in [4.69, 9.17) is 4.74 Å². The molecule has 3 N–H and O–H groups in total. The molecule has 0 fully saturated rings. The summed E-state index contributed by atoms with van der Waals surface area (Å²) >= 11 is 0. The van der Waals surface area contributed by atoms with Crippen LogP contribution in [-0.2, 0) is 5.60 Å². The molecule has 0 amide bonds. The maximum absolute atomic E-state index is 12.5. The van der Waals surface area contributed by atoms with Gasteiger partial charge in [0.2, 0.25) is 0 Å². The van der Waals surface area contributed by atoms with Gasteiger partial charge in [0.15, 0.2) is 11.4 Å². The number of aliphatic hydroxyl groups is 1. The number of rotatable bonds is 0. The van der Waals surface area contributed by atoms with E-state index in [0.29, 0.717) is 27.6 Å². The van der Waals surface area contributed by atoms with Crippen LogP contribution < -0.4 is 4.74 Å². The highest BCUT2D eigenvalue weighted by Crippen LogP contribution is 2.53. The molecule has 5 nitrogen and oxygen atoms in total. The number of hydrogen-bond acceptors (Lipinski definition) is 5. The van der Waals surface area contributed by atoms with Gasteiger partial charge in [-0.2, -0.15) is 0 Å². The molecule has 0 bridgehead atoms. The van der Waals surface area contributed by atoms with Gasteiger partial charge in [0.1, 0.15) is 23.4 Å². The van der Waals surface area contributed by atoms with E-state index in [2.05, 4.69) is 0 Å². The summed E-state index contributed by atoms with van der Waals surface area (Å²) in [6, 6.07) is 13.0. The number of aromatic hydroxyl groups is 2. The van der Waals surface area contributed by atoms with Crippen LogP contribution in [0, 0.1) is 0 Å². The van der Waals surface area contributed by atoms with Crippen LogP contribution >= 0.6 is 0 Å². The normalized spacial score (nSPS) is 23.7. The zero-order valence-corrected chi connectivity index (χ0v) is 13.1. The van der Waals surface area contributed by atoms with Crippen LogP contribution in [0.25, 0.3) is 10.8 Å². The molecule has 2 aliphatic rings. The Morgan fingerprint density at radius 3 is 2.64 bits per heavy atom. The number of carbonyl (C=O) groups excluding carboxylic acids is 1. The number of carbonyl (C=O) groups is 1. The zero-order valence-electron chi connectivity index (χ0n) is 13.1. The molecule has 0 saturated heterocycles. The fourth-order valence-electron chi connectivity index (χ4n) is 4.12. The second-order valence-electron chi connectivity index (χ2n) is 6.51. The lowest BCUT2D eigenvalue weighted by Crippen LogP contribution is -2.51. The highest BCUT2D eigenvalue weighted by Gasteiger charge is 2.53. The van der Waals surface area contributed by atoms with Crippen LogP contribution in [0.15, 0.2) is 48.5 Å². The summed E-state index contributed by atoms with van der Waals surface area (Å²) in [6.45, 7) is 0. The molecule has 5 rings (SSSR count). The summed E-state index contributed by atoms with van der Waals surface area (Å²) in [5.41, 5.74) is -0.697. The van der Waals surface area contributed by atoms with Crippen molar-refractivity contribution < 1.29 is 24.9 Å². The minimum absolute atomic E-state index is 0.00363. The van der Waals surface area contributed by atoms with Crippen molar-refractivity contribution in [2.75, 3.05) is 0 Å². The minimum Gasteiger partial charge on any atom is -0.508 e. The Hall–Kier alpha value is -3.05. The molecular weight excluding hydrogens is 320 g/mol.